The third-order valence-corrected chi connectivity index (χ3v) is 3.46. The molecule has 2 rings (SSSR count). The first-order valence-electron chi connectivity index (χ1n) is 7.86. The van der Waals surface area contributed by atoms with Crippen molar-refractivity contribution in [3.05, 3.63) is 23.8 Å². The van der Waals surface area contributed by atoms with Gasteiger partial charge in [-0.05, 0) is 24.6 Å². The maximum absolute atomic E-state index is 12.9. The molecule has 0 aliphatic carbocycles. The number of benzene rings is 1. The standard InChI is InChI=1S/C16H21F3N2O3/c1-2-6-24-14-4-3-11(16(17,18)19)8-13(14)21-15(22)9-12-10-20-5-7-23-12/h3-4,8,12,20H,2,5-7,9-10H2,1H3,(H,21,22)/t12-/m0/s1. The Labute approximate surface area is 138 Å². The fourth-order valence-electron chi connectivity index (χ4n) is 2.30. The topological polar surface area (TPSA) is 59.6 Å². The van der Waals surface area contributed by atoms with Crippen LogP contribution in [0.15, 0.2) is 18.2 Å². The largest absolute Gasteiger partial charge is 0.491 e. The van der Waals surface area contributed by atoms with Crippen LogP contribution in [0.25, 0.3) is 0 Å². The lowest BCUT2D eigenvalue weighted by Crippen LogP contribution is -2.40. The molecule has 24 heavy (non-hydrogen) atoms. The Balaban J connectivity index is 2.10. The smallest absolute Gasteiger partial charge is 0.416 e. The van der Waals surface area contributed by atoms with Crippen molar-refractivity contribution in [1.29, 1.82) is 0 Å². The van der Waals surface area contributed by atoms with Crippen LogP contribution in [-0.2, 0) is 15.7 Å². The Morgan fingerprint density at radius 1 is 1.46 bits per heavy atom. The van der Waals surface area contributed by atoms with E-state index in [1.807, 2.05) is 6.92 Å². The third kappa shape index (κ3) is 5.38. The van der Waals surface area contributed by atoms with Crippen LogP contribution in [0.4, 0.5) is 18.9 Å². The molecule has 1 aromatic carbocycles. The van der Waals surface area contributed by atoms with E-state index in [-0.39, 0.29) is 24.0 Å². The lowest BCUT2D eigenvalue weighted by atomic mass is 10.1. The Kier molecular flexibility index (Phi) is 6.44. The number of ether oxygens (including phenoxy) is 2. The van der Waals surface area contributed by atoms with Gasteiger partial charge in [0.2, 0.25) is 5.91 Å². The Morgan fingerprint density at radius 2 is 2.25 bits per heavy atom. The molecule has 0 aromatic heterocycles. The molecule has 1 heterocycles. The molecular weight excluding hydrogens is 325 g/mol. The van der Waals surface area contributed by atoms with E-state index in [0.717, 1.165) is 18.7 Å². The van der Waals surface area contributed by atoms with Gasteiger partial charge in [0.15, 0.2) is 0 Å². The van der Waals surface area contributed by atoms with Gasteiger partial charge in [-0.15, -0.1) is 0 Å². The van der Waals surface area contributed by atoms with Crippen LogP contribution in [0.2, 0.25) is 0 Å². The quantitative estimate of drug-likeness (QED) is 0.832. The van der Waals surface area contributed by atoms with Crippen molar-refractivity contribution in [2.45, 2.75) is 32.0 Å². The molecule has 0 spiro atoms. The second kappa shape index (κ2) is 8.34. The van der Waals surface area contributed by atoms with Crippen LogP contribution < -0.4 is 15.4 Å². The minimum atomic E-state index is -4.49. The predicted molar refractivity (Wildman–Crippen MR) is 83.1 cm³/mol. The highest BCUT2D eigenvalue weighted by Crippen LogP contribution is 2.35. The average Bonchev–Trinajstić information content (AvgIpc) is 2.53. The summed E-state index contributed by atoms with van der Waals surface area (Å²) in [6, 6.07) is 3.06. The summed E-state index contributed by atoms with van der Waals surface area (Å²) in [5.74, 6) is -0.190. The zero-order valence-corrected chi connectivity index (χ0v) is 13.4. The van der Waals surface area contributed by atoms with Crippen molar-refractivity contribution >= 4 is 11.6 Å². The van der Waals surface area contributed by atoms with Crippen LogP contribution in [0.3, 0.4) is 0 Å². The lowest BCUT2D eigenvalue weighted by Gasteiger charge is -2.23. The highest BCUT2D eigenvalue weighted by atomic mass is 19.4. The molecule has 2 N–H and O–H groups in total. The fourth-order valence-corrected chi connectivity index (χ4v) is 2.30. The third-order valence-electron chi connectivity index (χ3n) is 3.46. The van der Waals surface area contributed by atoms with Crippen LogP contribution in [0.5, 0.6) is 5.75 Å². The fraction of sp³-hybridized carbons (Fsp3) is 0.562. The molecule has 0 unspecified atom stereocenters. The molecule has 1 atom stereocenters. The van der Waals surface area contributed by atoms with E-state index in [1.165, 1.54) is 6.07 Å². The maximum Gasteiger partial charge on any atom is 0.416 e. The first-order chi connectivity index (χ1) is 11.4. The molecule has 1 amide bonds. The molecule has 0 radical (unpaired) electrons. The normalized spacial score (nSPS) is 18.2. The first-order valence-corrected chi connectivity index (χ1v) is 7.86. The SMILES string of the molecule is CCCOc1ccc(C(F)(F)F)cc1NC(=O)C[C@H]1CNCCO1. The van der Waals surface area contributed by atoms with Gasteiger partial charge in [0, 0.05) is 13.1 Å². The molecule has 5 nitrogen and oxygen atoms in total. The van der Waals surface area contributed by atoms with Crippen molar-refractivity contribution in [3.8, 4) is 5.75 Å². The number of nitrogens with one attached hydrogen (secondary N) is 2. The van der Waals surface area contributed by atoms with Crippen molar-refractivity contribution in [1.82, 2.24) is 5.32 Å². The van der Waals surface area contributed by atoms with E-state index in [1.54, 1.807) is 0 Å². The van der Waals surface area contributed by atoms with Crippen LogP contribution >= 0.6 is 0 Å². The first kappa shape index (κ1) is 18.5. The number of alkyl halides is 3. The molecule has 1 saturated heterocycles. The van der Waals surface area contributed by atoms with Gasteiger partial charge in [-0.1, -0.05) is 6.92 Å². The number of hydrogen-bond acceptors (Lipinski definition) is 4. The number of amides is 1. The lowest BCUT2D eigenvalue weighted by molar-refractivity contribution is -0.137. The van der Waals surface area contributed by atoms with E-state index >= 15 is 0 Å². The summed E-state index contributed by atoms with van der Waals surface area (Å²) >= 11 is 0. The summed E-state index contributed by atoms with van der Waals surface area (Å²) in [4.78, 5) is 12.1. The summed E-state index contributed by atoms with van der Waals surface area (Å²) in [6.45, 7) is 4.00. The van der Waals surface area contributed by atoms with E-state index < -0.39 is 17.6 Å². The number of hydrogen-bond donors (Lipinski definition) is 2. The number of halogens is 3. The van der Waals surface area contributed by atoms with Gasteiger partial charge in [0.1, 0.15) is 5.75 Å². The summed E-state index contributed by atoms with van der Waals surface area (Å²) < 4.78 is 49.5. The predicted octanol–water partition coefficient (Wildman–Crippen LogP) is 2.81. The zero-order chi connectivity index (χ0) is 17.6. The number of morpholine rings is 1. The van der Waals surface area contributed by atoms with Gasteiger partial charge in [-0.3, -0.25) is 4.79 Å². The maximum atomic E-state index is 12.9. The molecule has 1 aliphatic heterocycles. The number of carbonyl (C=O) groups is 1. The zero-order valence-electron chi connectivity index (χ0n) is 13.4. The average molecular weight is 346 g/mol. The molecule has 0 saturated carbocycles. The number of rotatable bonds is 6. The summed E-state index contributed by atoms with van der Waals surface area (Å²) in [5, 5.41) is 5.60. The molecule has 8 heteroatoms. The van der Waals surface area contributed by atoms with Crippen molar-refractivity contribution in [2.75, 3.05) is 31.6 Å². The van der Waals surface area contributed by atoms with Gasteiger partial charge in [0.05, 0.1) is 37.0 Å². The monoisotopic (exact) mass is 346 g/mol. The van der Waals surface area contributed by atoms with Crippen LogP contribution in [0, 0.1) is 0 Å². The van der Waals surface area contributed by atoms with Crippen molar-refractivity contribution in [3.63, 3.8) is 0 Å². The minimum absolute atomic E-state index is 0.0204. The molecule has 134 valence electrons. The van der Waals surface area contributed by atoms with Gasteiger partial charge in [0.25, 0.3) is 0 Å². The van der Waals surface area contributed by atoms with E-state index in [4.69, 9.17) is 9.47 Å². The van der Waals surface area contributed by atoms with Crippen molar-refractivity contribution in [2.24, 2.45) is 0 Å². The van der Waals surface area contributed by atoms with E-state index in [9.17, 15) is 18.0 Å². The second-order valence-corrected chi connectivity index (χ2v) is 5.51. The summed E-state index contributed by atoms with van der Waals surface area (Å²) in [5.41, 5.74) is -0.815. The van der Waals surface area contributed by atoms with E-state index in [2.05, 4.69) is 10.6 Å². The van der Waals surface area contributed by atoms with Crippen LogP contribution in [-0.4, -0.2) is 38.3 Å². The highest BCUT2D eigenvalue weighted by molar-refractivity contribution is 5.92. The Bertz CT molecular complexity index is 558. The van der Waals surface area contributed by atoms with Crippen molar-refractivity contribution < 1.29 is 27.4 Å². The summed E-state index contributed by atoms with van der Waals surface area (Å²) in [6.07, 6.45) is -4.00. The van der Waals surface area contributed by atoms with Crippen LogP contribution in [0.1, 0.15) is 25.3 Å². The number of anilines is 1. The van der Waals surface area contributed by atoms with Gasteiger partial charge < -0.3 is 20.1 Å². The van der Waals surface area contributed by atoms with Gasteiger partial charge in [-0.2, -0.15) is 13.2 Å². The molecule has 0 bridgehead atoms. The molecule has 1 aliphatic rings. The van der Waals surface area contributed by atoms with Gasteiger partial charge in [-0.25, -0.2) is 0 Å². The minimum Gasteiger partial charge on any atom is -0.491 e. The molecule has 1 fully saturated rings. The molecule has 1 aromatic rings. The number of carbonyl (C=O) groups excluding carboxylic acids is 1. The van der Waals surface area contributed by atoms with E-state index in [0.29, 0.717) is 26.2 Å². The second-order valence-electron chi connectivity index (χ2n) is 5.51. The Morgan fingerprint density at radius 3 is 2.88 bits per heavy atom. The Hall–Kier alpha value is -1.80. The highest BCUT2D eigenvalue weighted by Gasteiger charge is 2.31. The van der Waals surface area contributed by atoms with Gasteiger partial charge >= 0.3 is 6.18 Å². The molecular formula is C16H21F3N2O3. The summed E-state index contributed by atoms with van der Waals surface area (Å²) in [7, 11) is 0.